The average molecular weight is 164 g/mol. The lowest BCUT2D eigenvalue weighted by atomic mass is 10.6. The van der Waals surface area contributed by atoms with E-state index in [9.17, 15) is 0 Å². The lowest BCUT2D eigenvalue weighted by Crippen LogP contribution is -2.19. The fourth-order valence-corrected chi connectivity index (χ4v) is 4.82. The van der Waals surface area contributed by atoms with Gasteiger partial charge >= 0.3 is 0 Å². The van der Waals surface area contributed by atoms with Gasteiger partial charge in [-0.25, -0.2) is 0 Å². The topological polar surface area (TPSA) is 9.23 Å². The van der Waals surface area contributed by atoms with Crippen LogP contribution < -0.4 is 0 Å². The van der Waals surface area contributed by atoms with Gasteiger partial charge in [0.1, 0.15) is 7.22 Å². The zero-order valence-electron chi connectivity index (χ0n) is 6.73. The molecule has 0 aliphatic carbocycles. The maximum atomic E-state index is 5.04. The van der Waals surface area contributed by atoms with E-state index in [1.165, 1.54) is 12.5 Å². The summed E-state index contributed by atoms with van der Waals surface area (Å²) in [4.78, 5) is 0. The molecule has 1 nitrogen and oxygen atoms in total. The van der Waals surface area contributed by atoms with E-state index >= 15 is 0 Å². The molecular formula is C6H16OSSi. The fraction of sp³-hybridized carbons (Fsp3) is 1.00. The van der Waals surface area contributed by atoms with Crippen molar-refractivity contribution >= 4 is 18.7 Å². The van der Waals surface area contributed by atoms with Crippen molar-refractivity contribution in [1.82, 2.24) is 0 Å². The molecule has 0 aliphatic rings. The molecule has 0 heterocycles. The largest absolute Gasteiger partial charge is 0.325 e. The Morgan fingerprint density at radius 1 is 1.44 bits per heavy atom. The summed E-state index contributed by atoms with van der Waals surface area (Å²) in [6.07, 6.45) is 1.29. The highest BCUT2D eigenvalue weighted by Gasteiger charge is 2.20. The van der Waals surface area contributed by atoms with Gasteiger partial charge in [-0.05, 0) is 17.5 Å². The number of hydrogen-bond donors (Lipinski definition) is 0. The summed E-state index contributed by atoms with van der Waals surface area (Å²) in [5, 5.41) is 0. The molecule has 3 heteroatoms. The molecule has 9 heavy (non-hydrogen) atoms. The van der Waals surface area contributed by atoms with E-state index in [4.69, 9.17) is 4.18 Å². The van der Waals surface area contributed by atoms with E-state index in [0.717, 1.165) is 0 Å². The first kappa shape index (κ1) is 9.53. The number of hydrogen-bond acceptors (Lipinski definition) is 2. The maximum Gasteiger partial charge on any atom is 0.146 e. The Balaban J connectivity index is 3.43. The Kier molecular flexibility index (Phi) is 4.61. The predicted molar refractivity (Wildman–Crippen MR) is 47.2 cm³/mol. The Morgan fingerprint density at radius 2 is 2.00 bits per heavy atom. The van der Waals surface area contributed by atoms with Crippen LogP contribution in [-0.4, -0.2) is 14.3 Å². The van der Waals surface area contributed by atoms with Crippen LogP contribution >= 0.6 is 11.5 Å². The lowest BCUT2D eigenvalue weighted by molar-refractivity contribution is 0.496. The number of rotatable bonds is 4. The Bertz CT molecular complexity index is 67.5. The smallest absolute Gasteiger partial charge is 0.146 e. The van der Waals surface area contributed by atoms with Gasteiger partial charge in [0, 0.05) is 7.11 Å². The van der Waals surface area contributed by atoms with Crippen molar-refractivity contribution in [3.63, 3.8) is 0 Å². The van der Waals surface area contributed by atoms with E-state index in [-0.39, 0.29) is 0 Å². The molecule has 0 atom stereocenters. The minimum Gasteiger partial charge on any atom is -0.325 e. The summed E-state index contributed by atoms with van der Waals surface area (Å²) < 4.78 is 5.04. The normalized spacial score (nSPS) is 12.0. The SMILES string of the molecule is CCC[Si](C)(C)SOC. The molecule has 0 saturated heterocycles. The second kappa shape index (κ2) is 4.36. The van der Waals surface area contributed by atoms with Crippen molar-refractivity contribution in [2.75, 3.05) is 7.11 Å². The lowest BCUT2D eigenvalue weighted by Gasteiger charge is -2.17. The Morgan fingerprint density at radius 3 is 2.33 bits per heavy atom. The first-order valence-corrected chi connectivity index (χ1v) is 8.01. The van der Waals surface area contributed by atoms with Gasteiger partial charge in [0.2, 0.25) is 0 Å². The molecular weight excluding hydrogens is 148 g/mol. The summed E-state index contributed by atoms with van der Waals surface area (Å²) in [5.74, 6) is 0. The third-order valence-electron chi connectivity index (χ3n) is 1.16. The van der Waals surface area contributed by atoms with Crippen LogP contribution in [0.25, 0.3) is 0 Å². The molecule has 0 amide bonds. The second-order valence-electron chi connectivity index (χ2n) is 2.76. The Labute approximate surface area is 63.0 Å². The van der Waals surface area contributed by atoms with Crippen molar-refractivity contribution in [3.05, 3.63) is 0 Å². The van der Waals surface area contributed by atoms with E-state index in [1.807, 2.05) is 0 Å². The van der Waals surface area contributed by atoms with Gasteiger partial charge in [-0.2, -0.15) is 0 Å². The molecule has 0 aromatic rings. The van der Waals surface area contributed by atoms with E-state index < -0.39 is 7.22 Å². The Hall–Kier alpha value is 0.527. The van der Waals surface area contributed by atoms with Crippen LogP contribution in [0.15, 0.2) is 0 Å². The van der Waals surface area contributed by atoms with Gasteiger partial charge in [-0.15, -0.1) is 0 Å². The van der Waals surface area contributed by atoms with Gasteiger partial charge in [0.05, 0.1) is 0 Å². The monoisotopic (exact) mass is 164 g/mol. The first-order valence-electron chi connectivity index (χ1n) is 3.34. The van der Waals surface area contributed by atoms with Crippen LogP contribution in [0.5, 0.6) is 0 Å². The van der Waals surface area contributed by atoms with Crippen molar-refractivity contribution in [2.45, 2.75) is 32.5 Å². The van der Waals surface area contributed by atoms with Crippen molar-refractivity contribution < 1.29 is 4.18 Å². The molecule has 0 aromatic carbocycles. The van der Waals surface area contributed by atoms with Gasteiger partial charge in [0.15, 0.2) is 0 Å². The molecule has 0 N–H and O–H groups in total. The maximum absolute atomic E-state index is 5.04. The summed E-state index contributed by atoms with van der Waals surface area (Å²) in [5.41, 5.74) is 0. The molecule has 0 spiro atoms. The molecule has 0 fully saturated rings. The highest BCUT2D eigenvalue weighted by Crippen LogP contribution is 2.25. The predicted octanol–water partition coefficient (Wildman–Crippen LogP) is 2.90. The molecule has 56 valence electrons. The van der Waals surface area contributed by atoms with Crippen LogP contribution in [0.1, 0.15) is 13.3 Å². The van der Waals surface area contributed by atoms with Gasteiger partial charge < -0.3 is 4.18 Å². The summed E-state index contributed by atoms with van der Waals surface area (Å²) in [6, 6.07) is 1.35. The van der Waals surface area contributed by atoms with Gasteiger partial charge in [-0.3, -0.25) is 0 Å². The summed E-state index contributed by atoms with van der Waals surface area (Å²) in [6.45, 7) is 6.90. The highest BCUT2D eigenvalue weighted by atomic mass is 32.4. The molecule has 0 unspecified atom stereocenters. The van der Waals surface area contributed by atoms with Crippen LogP contribution in [0.2, 0.25) is 19.1 Å². The van der Waals surface area contributed by atoms with Crippen LogP contribution in [-0.2, 0) is 4.18 Å². The third kappa shape index (κ3) is 5.00. The molecule has 0 radical (unpaired) electrons. The molecule has 0 aliphatic heterocycles. The zero-order valence-corrected chi connectivity index (χ0v) is 8.55. The van der Waals surface area contributed by atoms with Crippen molar-refractivity contribution in [1.29, 1.82) is 0 Å². The van der Waals surface area contributed by atoms with Gasteiger partial charge in [-0.1, -0.05) is 26.4 Å². The van der Waals surface area contributed by atoms with Gasteiger partial charge in [0.25, 0.3) is 0 Å². The average Bonchev–Trinajstić information content (AvgIpc) is 1.64. The molecule has 0 bridgehead atoms. The molecule has 0 aromatic heterocycles. The highest BCUT2D eigenvalue weighted by molar-refractivity contribution is 8.25. The quantitative estimate of drug-likeness (QED) is 0.467. The van der Waals surface area contributed by atoms with Crippen molar-refractivity contribution in [2.24, 2.45) is 0 Å². The van der Waals surface area contributed by atoms with Crippen LogP contribution in [0, 0.1) is 0 Å². The molecule has 0 rings (SSSR count). The zero-order chi connectivity index (χ0) is 7.33. The minimum absolute atomic E-state index is 1.01. The molecule has 0 saturated carbocycles. The standard InChI is InChI=1S/C6H16OSSi/c1-5-6-9(3,4)8-7-2/h5-6H2,1-4H3. The summed E-state index contributed by atoms with van der Waals surface area (Å²) >= 11 is 1.70. The van der Waals surface area contributed by atoms with Crippen molar-refractivity contribution in [3.8, 4) is 0 Å². The second-order valence-corrected chi connectivity index (χ2v) is 11.1. The van der Waals surface area contributed by atoms with E-state index in [1.54, 1.807) is 18.6 Å². The minimum atomic E-state index is -1.01. The fourth-order valence-electron chi connectivity index (χ4n) is 0.869. The summed E-state index contributed by atoms with van der Waals surface area (Å²) in [7, 11) is 0.750. The first-order chi connectivity index (χ1) is 4.12. The van der Waals surface area contributed by atoms with E-state index in [0.29, 0.717) is 0 Å². The van der Waals surface area contributed by atoms with E-state index in [2.05, 4.69) is 20.0 Å². The van der Waals surface area contributed by atoms with Crippen LogP contribution in [0.4, 0.5) is 0 Å². The third-order valence-corrected chi connectivity index (χ3v) is 5.95. The van der Waals surface area contributed by atoms with Crippen LogP contribution in [0.3, 0.4) is 0 Å².